The van der Waals surface area contributed by atoms with Crippen molar-refractivity contribution >= 4 is 0 Å². The topological polar surface area (TPSA) is 35.5 Å². The molecule has 76 valence electrons. The van der Waals surface area contributed by atoms with E-state index < -0.39 is 0 Å². The van der Waals surface area contributed by atoms with E-state index in [2.05, 4.69) is 10.2 Å². The number of aliphatic hydroxyl groups excluding tert-OH is 1. The molecule has 0 aromatic rings. The van der Waals surface area contributed by atoms with Crippen molar-refractivity contribution in [1.82, 2.24) is 10.2 Å². The molecule has 13 heavy (non-hydrogen) atoms. The molecule has 0 spiro atoms. The van der Waals surface area contributed by atoms with E-state index in [1.165, 1.54) is 38.8 Å². The molecule has 0 amide bonds. The lowest BCUT2D eigenvalue weighted by atomic mass is 9.99. The maximum atomic E-state index is 8.75. The van der Waals surface area contributed by atoms with Crippen molar-refractivity contribution in [2.75, 3.05) is 26.2 Å². The lowest BCUT2D eigenvalue weighted by Crippen LogP contribution is -2.45. The summed E-state index contributed by atoms with van der Waals surface area (Å²) in [4.78, 5) is 2.61. The minimum atomic E-state index is 0.267. The van der Waals surface area contributed by atoms with Gasteiger partial charge in [0.1, 0.15) is 0 Å². The molecule has 0 bridgehead atoms. The summed E-state index contributed by atoms with van der Waals surface area (Å²) in [6.07, 6.45) is 5.38. The van der Waals surface area contributed by atoms with Crippen LogP contribution in [0.5, 0.6) is 0 Å². The monoisotopic (exact) mass is 184 g/mol. The zero-order chi connectivity index (χ0) is 9.10. The van der Waals surface area contributed by atoms with Crippen molar-refractivity contribution in [2.24, 2.45) is 0 Å². The second kappa shape index (κ2) is 4.40. The van der Waals surface area contributed by atoms with Gasteiger partial charge in [0.25, 0.3) is 0 Å². The normalized spacial score (nSPS) is 34.8. The molecular weight excluding hydrogens is 164 g/mol. The predicted octanol–water partition coefficient (Wildman–Crippen LogP) is 0.195. The van der Waals surface area contributed by atoms with Crippen LogP contribution in [0.15, 0.2) is 0 Å². The molecule has 2 N–H and O–H groups in total. The van der Waals surface area contributed by atoms with Crippen LogP contribution < -0.4 is 5.32 Å². The molecule has 2 fully saturated rings. The molecule has 2 rings (SSSR count). The Hall–Kier alpha value is -0.120. The number of hydrogen-bond donors (Lipinski definition) is 2. The van der Waals surface area contributed by atoms with E-state index in [1.807, 2.05) is 0 Å². The maximum absolute atomic E-state index is 8.75. The fourth-order valence-corrected chi connectivity index (χ4v) is 2.74. The van der Waals surface area contributed by atoms with Crippen LogP contribution in [0.2, 0.25) is 0 Å². The van der Waals surface area contributed by atoms with Crippen LogP contribution in [0.3, 0.4) is 0 Å². The van der Waals surface area contributed by atoms with Crippen LogP contribution in [0, 0.1) is 0 Å². The van der Waals surface area contributed by atoms with Gasteiger partial charge in [0.2, 0.25) is 0 Å². The fraction of sp³-hybridized carbons (Fsp3) is 1.00. The molecule has 0 aromatic heterocycles. The van der Waals surface area contributed by atoms with Crippen LogP contribution in [0.4, 0.5) is 0 Å². The average molecular weight is 184 g/mol. The average Bonchev–Trinajstić information content (AvgIpc) is 2.58. The number of aliphatic hydroxyl groups is 1. The molecule has 3 heteroatoms. The zero-order valence-corrected chi connectivity index (χ0v) is 8.21. The molecule has 2 aliphatic heterocycles. The van der Waals surface area contributed by atoms with E-state index in [0.717, 1.165) is 12.6 Å². The highest BCUT2D eigenvalue weighted by atomic mass is 16.3. The molecule has 2 unspecified atom stereocenters. The molecule has 2 saturated heterocycles. The number of fused-ring (bicyclic) bond motifs is 1. The third-order valence-corrected chi connectivity index (χ3v) is 3.37. The van der Waals surface area contributed by atoms with Crippen LogP contribution in [0.1, 0.15) is 25.7 Å². The SMILES string of the molecule is OCCNC1CCN2CCCCC12. The summed E-state index contributed by atoms with van der Waals surface area (Å²) >= 11 is 0. The summed E-state index contributed by atoms with van der Waals surface area (Å²) in [6.45, 7) is 3.58. The quantitative estimate of drug-likeness (QED) is 0.657. The summed E-state index contributed by atoms with van der Waals surface area (Å²) < 4.78 is 0. The molecular formula is C10H20N2O. The molecule has 0 aromatic carbocycles. The lowest BCUT2D eigenvalue weighted by Gasteiger charge is -2.32. The van der Waals surface area contributed by atoms with E-state index in [-0.39, 0.29) is 6.61 Å². The van der Waals surface area contributed by atoms with Crippen LogP contribution in [-0.4, -0.2) is 48.3 Å². The van der Waals surface area contributed by atoms with E-state index in [0.29, 0.717) is 6.04 Å². The first-order valence-corrected chi connectivity index (χ1v) is 5.50. The molecule has 0 aliphatic carbocycles. The highest BCUT2D eigenvalue weighted by Crippen LogP contribution is 2.26. The van der Waals surface area contributed by atoms with Gasteiger partial charge in [-0.15, -0.1) is 0 Å². The Bertz CT molecular complexity index is 163. The molecule has 2 aliphatic rings. The zero-order valence-electron chi connectivity index (χ0n) is 8.21. The first kappa shape index (κ1) is 9.44. The summed E-state index contributed by atoms with van der Waals surface area (Å²) in [5.74, 6) is 0. The van der Waals surface area contributed by atoms with Gasteiger partial charge in [0.05, 0.1) is 6.61 Å². The molecule has 2 atom stereocenters. The van der Waals surface area contributed by atoms with Gasteiger partial charge in [0, 0.05) is 25.2 Å². The van der Waals surface area contributed by atoms with Gasteiger partial charge in [-0.3, -0.25) is 4.90 Å². The summed E-state index contributed by atoms with van der Waals surface area (Å²) in [6, 6.07) is 1.41. The number of nitrogens with zero attached hydrogens (tertiary/aromatic N) is 1. The highest BCUT2D eigenvalue weighted by molar-refractivity contribution is 4.93. The summed E-state index contributed by atoms with van der Waals surface area (Å²) in [7, 11) is 0. The standard InChI is InChI=1S/C10H20N2O/c13-8-5-11-9-4-7-12-6-2-1-3-10(9)12/h9-11,13H,1-8H2. The van der Waals surface area contributed by atoms with Gasteiger partial charge < -0.3 is 10.4 Å². The van der Waals surface area contributed by atoms with Gasteiger partial charge in [-0.05, 0) is 25.8 Å². The van der Waals surface area contributed by atoms with E-state index in [1.54, 1.807) is 0 Å². The van der Waals surface area contributed by atoms with Crippen molar-refractivity contribution < 1.29 is 5.11 Å². The Morgan fingerprint density at radius 1 is 1.23 bits per heavy atom. The van der Waals surface area contributed by atoms with E-state index in [9.17, 15) is 0 Å². The number of piperidine rings is 1. The number of nitrogens with one attached hydrogen (secondary N) is 1. The smallest absolute Gasteiger partial charge is 0.0556 e. The molecule has 0 radical (unpaired) electrons. The summed E-state index contributed by atoms with van der Waals surface area (Å²) in [5, 5.41) is 12.2. The molecule has 2 heterocycles. The minimum Gasteiger partial charge on any atom is -0.395 e. The van der Waals surface area contributed by atoms with Crippen molar-refractivity contribution in [3.63, 3.8) is 0 Å². The van der Waals surface area contributed by atoms with Crippen LogP contribution in [-0.2, 0) is 0 Å². The first-order valence-electron chi connectivity index (χ1n) is 5.50. The third kappa shape index (κ3) is 2.03. The van der Waals surface area contributed by atoms with Gasteiger partial charge >= 0.3 is 0 Å². The molecule has 3 nitrogen and oxygen atoms in total. The second-order valence-electron chi connectivity index (χ2n) is 4.17. The third-order valence-electron chi connectivity index (χ3n) is 3.37. The Kier molecular flexibility index (Phi) is 3.19. The highest BCUT2D eigenvalue weighted by Gasteiger charge is 2.34. The Labute approximate surface area is 80.1 Å². The largest absolute Gasteiger partial charge is 0.395 e. The Morgan fingerprint density at radius 3 is 3.00 bits per heavy atom. The van der Waals surface area contributed by atoms with Gasteiger partial charge in [-0.2, -0.15) is 0 Å². The minimum absolute atomic E-state index is 0.267. The fourth-order valence-electron chi connectivity index (χ4n) is 2.74. The van der Waals surface area contributed by atoms with Crippen molar-refractivity contribution in [2.45, 2.75) is 37.8 Å². The van der Waals surface area contributed by atoms with Crippen molar-refractivity contribution in [3.05, 3.63) is 0 Å². The Morgan fingerprint density at radius 2 is 2.15 bits per heavy atom. The molecule has 0 saturated carbocycles. The van der Waals surface area contributed by atoms with Gasteiger partial charge in [-0.1, -0.05) is 6.42 Å². The van der Waals surface area contributed by atoms with Crippen LogP contribution in [0.25, 0.3) is 0 Å². The lowest BCUT2D eigenvalue weighted by molar-refractivity contribution is 0.177. The van der Waals surface area contributed by atoms with Gasteiger partial charge in [-0.25, -0.2) is 0 Å². The number of hydrogen-bond acceptors (Lipinski definition) is 3. The number of rotatable bonds is 3. The van der Waals surface area contributed by atoms with Crippen molar-refractivity contribution in [1.29, 1.82) is 0 Å². The second-order valence-corrected chi connectivity index (χ2v) is 4.17. The predicted molar refractivity (Wildman–Crippen MR) is 52.7 cm³/mol. The maximum Gasteiger partial charge on any atom is 0.0556 e. The van der Waals surface area contributed by atoms with Crippen molar-refractivity contribution in [3.8, 4) is 0 Å². The first-order chi connectivity index (χ1) is 6.42. The summed E-state index contributed by atoms with van der Waals surface area (Å²) in [5.41, 5.74) is 0. The van der Waals surface area contributed by atoms with Crippen LogP contribution >= 0.6 is 0 Å². The van der Waals surface area contributed by atoms with E-state index >= 15 is 0 Å². The van der Waals surface area contributed by atoms with Gasteiger partial charge in [0.15, 0.2) is 0 Å². The Balaban J connectivity index is 1.84. The van der Waals surface area contributed by atoms with E-state index in [4.69, 9.17) is 5.11 Å².